The molecule has 0 aliphatic carbocycles. The summed E-state index contributed by atoms with van der Waals surface area (Å²) in [6.45, 7) is 11.9. The molecule has 1 N–H and O–H groups in total. The lowest BCUT2D eigenvalue weighted by molar-refractivity contribution is 0.175. The predicted octanol–water partition coefficient (Wildman–Crippen LogP) is 2.78. The normalized spacial score (nSPS) is 12.2. The molecule has 0 atom stereocenters. The lowest BCUT2D eigenvalue weighted by Gasteiger charge is -2.30. The van der Waals surface area contributed by atoms with Gasteiger partial charge in [0.15, 0.2) is 0 Å². The first-order valence-electron chi connectivity index (χ1n) is 7.87. The van der Waals surface area contributed by atoms with Crippen molar-refractivity contribution in [3.05, 3.63) is 30.1 Å². The summed E-state index contributed by atoms with van der Waals surface area (Å²) in [5.41, 5.74) is 2.27. The molecule has 0 saturated carbocycles. The molecule has 4 heteroatoms. The van der Waals surface area contributed by atoms with Crippen molar-refractivity contribution in [2.75, 3.05) is 13.1 Å². The van der Waals surface area contributed by atoms with Crippen LogP contribution in [0.2, 0.25) is 0 Å². The van der Waals surface area contributed by atoms with E-state index in [1.165, 1.54) is 5.52 Å². The topological polar surface area (TPSA) is 33.1 Å². The number of aryl methyl sites for hydroxylation is 1. The van der Waals surface area contributed by atoms with E-state index < -0.39 is 0 Å². The molecule has 0 saturated heterocycles. The number of imidazole rings is 1. The van der Waals surface area contributed by atoms with Crippen LogP contribution in [0.4, 0.5) is 0 Å². The minimum absolute atomic E-state index is 0.586. The van der Waals surface area contributed by atoms with Crippen LogP contribution in [0.15, 0.2) is 24.3 Å². The summed E-state index contributed by atoms with van der Waals surface area (Å²) in [6, 6.07) is 9.45. The van der Waals surface area contributed by atoms with Gasteiger partial charge < -0.3 is 9.88 Å². The highest BCUT2D eigenvalue weighted by Gasteiger charge is 2.12. The van der Waals surface area contributed by atoms with E-state index in [1.54, 1.807) is 0 Å². The van der Waals surface area contributed by atoms with Gasteiger partial charge in [-0.2, -0.15) is 0 Å². The summed E-state index contributed by atoms with van der Waals surface area (Å²) >= 11 is 0. The maximum atomic E-state index is 4.69. The van der Waals surface area contributed by atoms with Crippen LogP contribution in [0.1, 0.15) is 33.5 Å². The SMILES string of the molecule is CC(C)N(CCNCc1nc2ccccc2n1C)C(C)C. The number of rotatable bonds is 7. The Morgan fingerprint density at radius 2 is 1.81 bits per heavy atom. The molecule has 0 aliphatic heterocycles. The van der Waals surface area contributed by atoms with E-state index in [9.17, 15) is 0 Å². The molecule has 116 valence electrons. The Labute approximate surface area is 128 Å². The summed E-state index contributed by atoms with van der Waals surface area (Å²) in [6.07, 6.45) is 0. The maximum absolute atomic E-state index is 4.69. The van der Waals surface area contributed by atoms with Crippen molar-refractivity contribution in [2.24, 2.45) is 7.05 Å². The zero-order chi connectivity index (χ0) is 15.4. The Hall–Kier alpha value is -1.39. The fraction of sp³-hybridized carbons (Fsp3) is 0.588. The van der Waals surface area contributed by atoms with Crippen LogP contribution in [0.25, 0.3) is 11.0 Å². The van der Waals surface area contributed by atoms with Crippen molar-refractivity contribution >= 4 is 11.0 Å². The van der Waals surface area contributed by atoms with Gasteiger partial charge in [0.05, 0.1) is 17.6 Å². The largest absolute Gasteiger partial charge is 0.330 e. The number of benzene rings is 1. The molecule has 0 unspecified atom stereocenters. The van der Waals surface area contributed by atoms with Crippen LogP contribution < -0.4 is 5.32 Å². The Morgan fingerprint density at radius 1 is 1.14 bits per heavy atom. The fourth-order valence-electron chi connectivity index (χ4n) is 2.87. The molecule has 1 heterocycles. The van der Waals surface area contributed by atoms with Crippen LogP contribution in [0.3, 0.4) is 0 Å². The van der Waals surface area contributed by atoms with Gasteiger partial charge in [-0.05, 0) is 39.8 Å². The third-order valence-electron chi connectivity index (χ3n) is 4.04. The lowest BCUT2D eigenvalue weighted by atomic mass is 10.2. The lowest BCUT2D eigenvalue weighted by Crippen LogP contribution is -2.41. The number of aromatic nitrogens is 2. The molecule has 1 aromatic carbocycles. The molecule has 2 rings (SSSR count). The Bertz CT molecular complexity index is 563. The van der Waals surface area contributed by atoms with Crippen LogP contribution in [0, 0.1) is 0 Å². The van der Waals surface area contributed by atoms with Crippen molar-refractivity contribution in [2.45, 2.75) is 46.3 Å². The van der Waals surface area contributed by atoms with E-state index in [1.807, 2.05) is 6.07 Å². The highest BCUT2D eigenvalue weighted by atomic mass is 15.2. The van der Waals surface area contributed by atoms with E-state index in [0.717, 1.165) is 31.0 Å². The molecule has 1 aromatic heterocycles. The molecule has 2 aromatic rings. The standard InChI is InChI=1S/C17H28N4/c1-13(2)21(14(3)4)11-10-18-12-17-19-15-8-6-7-9-16(15)20(17)5/h6-9,13-14,18H,10-12H2,1-5H3. The number of para-hydroxylation sites is 2. The smallest absolute Gasteiger partial charge is 0.123 e. The first-order valence-corrected chi connectivity index (χ1v) is 7.87. The van der Waals surface area contributed by atoms with Crippen molar-refractivity contribution in [1.82, 2.24) is 19.8 Å². The quantitative estimate of drug-likeness (QED) is 0.795. The average Bonchev–Trinajstić information content (AvgIpc) is 2.75. The van der Waals surface area contributed by atoms with E-state index in [0.29, 0.717) is 12.1 Å². The highest BCUT2D eigenvalue weighted by molar-refractivity contribution is 5.75. The van der Waals surface area contributed by atoms with Crippen molar-refractivity contribution in [1.29, 1.82) is 0 Å². The third kappa shape index (κ3) is 3.83. The molecule has 21 heavy (non-hydrogen) atoms. The Kier molecular flexibility index (Phi) is 5.37. The van der Waals surface area contributed by atoms with Crippen LogP contribution >= 0.6 is 0 Å². The van der Waals surface area contributed by atoms with Gasteiger partial charge in [-0.15, -0.1) is 0 Å². The van der Waals surface area contributed by atoms with Crippen molar-refractivity contribution < 1.29 is 0 Å². The van der Waals surface area contributed by atoms with Gasteiger partial charge in [-0.25, -0.2) is 4.98 Å². The van der Waals surface area contributed by atoms with Gasteiger partial charge in [0.1, 0.15) is 5.82 Å². The fourth-order valence-corrected chi connectivity index (χ4v) is 2.87. The van der Waals surface area contributed by atoms with E-state index >= 15 is 0 Å². The minimum atomic E-state index is 0.586. The molecule has 4 nitrogen and oxygen atoms in total. The number of hydrogen-bond acceptors (Lipinski definition) is 3. The van der Waals surface area contributed by atoms with Gasteiger partial charge in [-0.1, -0.05) is 12.1 Å². The molecule has 0 spiro atoms. The molecular formula is C17H28N4. The van der Waals surface area contributed by atoms with E-state index in [2.05, 4.69) is 72.7 Å². The van der Waals surface area contributed by atoms with Gasteiger partial charge in [0.25, 0.3) is 0 Å². The number of nitrogens with zero attached hydrogens (tertiary/aromatic N) is 3. The zero-order valence-corrected chi connectivity index (χ0v) is 13.9. The number of nitrogens with one attached hydrogen (secondary N) is 1. The summed E-state index contributed by atoms with van der Waals surface area (Å²) in [5, 5.41) is 3.52. The minimum Gasteiger partial charge on any atom is -0.330 e. The second-order valence-electron chi connectivity index (χ2n) is 6.18. The molecule has 0 radical (unpaired) electrons. The summed E-state index contributed by atoms with van der Waals surface area (Å²) in [4.78, 5) is 7.19. The van der Waals surface area contributed by atoms with Crippen LogP contribution in [-0.4, -0.2) is 39.6 Å². The molecule has 0 aliphatic rings. The molecular weight excluding hydrogens is 260 g/mol. The average molecular weight is 288 g/mol. The third-order valence-corrected chi connectivity index (χ3v) is 4.04. The Morgan fingerprint density at radius 3 is 2.43 bits per heavy atom. The number of hydrogen-bond donors (Lipinski definition) is 1. The zero-order valence-electron chi connectivity index (χ0n) is 13.9. The Balaban J connectivity index is 1.89. The first kappa shape index (κ1) is 16.0. The van der Waals surface area contributed by atoms with Crippen molar-refractivity contribution in [3.8, 4) is 0 Å². The summed E-state index contributed by atoms with van der Waals surface area (Å²) in [5.74, 6) is 1.09. The molecule has 0 bridgehead atoms. The molecule has 0 fully saturated rings. The van der Waals surface area contributed by atoms with Gasteiger partial charge in [-0.3, -0.25) is 4.90 Å². The maximum Gasteiger partial charge on any atom is 0.123 e. The molecule has 0 amide bonds. The number of fused-ring (bicyclic) bond motifs is 1. The van der Waals surface area contributed by atoms with Gasteiger partial charge in [0.2, 0.25) is 0 Å². The van der Waals surface area contributed by atoms with E-state index in [-0.39, 0.29) is 0 Å². The monoisotopic (exact) mass is 288 g/mol. The van der Waals surface area contributed by atoms with Crippen LogP contribution in [-0.2, 0) is 13.6 Å². The highest BCUT2D eigenvalue weighted by Crippen LogP contribution is 2.13. The van der Waals surface area contributed by atoms with Gasteiger partial charge in [0, 0.05) is 32.2 Å². The van der Waals surface area contributed by atoms with Crippen molar-refractivity contribution in [3.63, 3.8) is 0 Å². The van der Waals surface area contributed by atoms with E-state index in [4.69, 9.17) is 0 Å². The summed E-state index contributed by atoms with van der Waals surface area (Å²) in [7, 11) is 2.08. The second-order valence-corrected chi connectivity index (χ2v) is 6.18. The predicted molar refractivity (Wildman–Crippen MR) is 89.4 cm³/mol. The first-order chi connectivity index (χ1) is 10.0. The van der Waals surface area contributed by atoms with Crippen LogP contribution in [0.5, 0.6) is 0 Å². The van der Waals surface area contributed by atoms with Gasteiger partial charge >= 0.3 is 0 Å². The summed E-state index contributed by atoms with van der Waals surface area (Å²) < 4.78 is 2.17. The second kappa shape index (κ2) is 7.05.